The van der Waals surface area contributed by atoms with Crippen LogP contribution in [0.2, 0.25) is 4.47 Å². The summed E-state index contributed by atoms with van der Waals surface area (Å²) >= 11 is 7.13. The van der Waals surface area contributed by atoms with Crippen molar-refractivity contribution in [3.63, 3.8) is 0 Å². The maximum Gasteiger partial charge on any atom is 0.322 e. The average molecular weight is 262 g/mol. The second-order valence-electron chi connectivity index (χ2n) is 3.61. The smallest absolute Gasteiger partial charge is 0.322 e. The van der Waals surface area contributed by atoms with Gasteiger partial charge < -0.3 is 10.4 Å². The van der Waals surface area contributed by atoms with Crippen LogP contribution in [0.1, 0.15) is 4.88 Å². The van der Waals surface area contributed by atoms with Crippen molar-refractivity contribution in [1.29, 1.82) is 0 Å². The zero-order valence-electron chi connectivity index (χ0n) is 8.52. The summed E-state index contributed by atoms with van der Waals surface area (Å²) < 4.78 is 0.497. The van der Waals surface area contributed by atoms with Crippen LogP contribution in [-0.4, -0.2) is 46.6 Å². The minimum Gasteiger partial charge on any atom is -0.480 e. The number of aliphatic carboxylic acids is 1. The van der Waals surface area contributed by atoms with E-state index in [1.165, 1.54) is 11.3 Å². The molecular weight excluding hydrogens is 250 g/mol. The molecule has 0 aromatic carbocycles. The van der Waals surface area contributed by atoms with Gasteiger partial charge in [-0.1, -0.05) is 11.6 Å². The molecule has 2 heterocycles. The molecule has 1 aliphatic rings. The molecule has 0 bridgehead atoms. The van der Waals surface area contributed by atoms with Gasteiger partial charge in [0.15, 0.2) is 4.47 Å². The van der Waals surface area contributed by atoms with E-state index in [4.69, 9.17) is 16.7 Å². The summed E-state index contributed by atoms with van der Waals surface area (Å²) in [5, 5.41) is 12.1. The van der Waals surface area contributed by atoms with Gasteiger partial charge in [-0.25, -0.2) is 4.98 Å². The van der Waals surface area contributed by atoms with Gasteiger partial charge in [0, 0.05) is 37.3 Å². The fraction of sp³-hybridized carbons (Fsp3) is 0.556. The summed E-state index contributed by atoms with van der Waals surface area (Å²) in [4.78, 5) is 17.9. The van der Waals surface area contributed by atoms with Crippen molar-refractivity contribution in [2.24, 2.45) is 0 Å². The predicted octanol–water partition coefficient (Wildman–Crippen LogP) is 0.655. The monoisotopic (exact) mass is 261 g/mol. The van der Waals surface area contributed by atoms with Crippen LogP contribution < -0.4 is 5.32 Å². The molecule has 7 heteroatoms. The Hall–Kier alpha value is -0.690. The van der Waals surface area contributed by atoms with Crippen molar-refractivity contribution in [2.45, 2.75) is 12.6 Å². The van der Waals surface area contributed by atoms with Gasteiger partial charge in [0.25, 0.3) is 0 Å². The Balaban J connectivity index is 2.03. The summed E-state index contributed by atoms with van der Waals surface area (Å²) in [6, 6.07) is -0.463. The Labute approximate surface area is 102 Å². The Morgan fingerprint density at radius 2 is 2.62 bits per heavy atom. The first-order chi connectivity index (χ1) is 7.66. The molecule has 2 rings (SSSR count). The lowest BCUT2D eigenvalue weighted by molar-refractivity contribution is -0.144. The number of rotatable bonds is 3. The summed E-state index contributed by atoms with van der Waals surface area (Å²) in [5.41, 5.74) is 0. The number of carbonyl (C=O) groups is 1. The molecule has 2 N–H and O–H groups in total. The maximum atomic E-state index is 11.0. The van der Waals surface area contributed by atoms with Crippen molar-refractivity contribution in [3.8, 4) is 0 Å². The predicted molar refractivity (Wildman–Crippen MR) is 61.8 cm³/mol. The van der Waals surface area contributed by atoms with Crippen LogP contribution in [0.5, 0.6) is 0 Å². The topological polar surface area (TPSA) is 65.5 Å². The maximum absolute atomic E-state index is 11.0. The number of aromatic nitrogens is 1. The third-order valence-electron chi connectivity index (χ3n) is 2.52. The third kappa shape index (κ3) is 2.70. The number of carboxylic acids is 1. The highest BCUT2D eigenvalue weighted by atomic mass is 35.5. The Morgan fingerprint density at radius 1 is 1.81 bits per heavy atom. The first kappa shape index (κ1) is 11.8. The third-order valence-corrected chi connectivity index (χ3v) is 3.62. The van der Waals surface area contributed by atoms with Crippen LogP contribution in [0.15, 0.2) is 6.20 Å². The van der Waals surface area contributed by atoms with Crippen LogP contribution in [0.3, 0.4) is 0 Å². The lowest BCUT2D eigenvalue weighted by atomic mass is 10.2. The van der Waals surface area contributed by atoms with Gasteiger partial charge in [-0.05, 0) is 0 Å². The molecule has 1 aliphatic heterocycles. The lowest BCUT2D eigenvalue weighted by Gasteiger charge is -2.32. The summed E-state index contributed by atoms with van der Waals surface area (Å²) in [6.45, 7) is 2.63. The van der Waals surface area contributed by atoms with Gasteiger partial charge in [-0.2, -0.15) is 0 Å². The van der Waals surface area contributed by atoms with Crippen molar-refractivity contribution < 1.29 is 9.90 Å². The molecule has 1 saturated heterocycles. The zero-order valence-corrected chi connectivity index (χ0v) is 10.1. The molecule has 1 fully saturated rings. The number of nitrogens with zero attached hydrogens (tertiary/aromatic N) is 2. The normalized spacial score (nSPS) is 22.2. The van der Waals surface area contributed by atoms with E-state index in [-0.39, 0.29) is 0 Å². The van der Waals surface area contributed by atoms with Gasteiger partial charge in [-0.15, -0.1) is 11.3 Å². The highest BCUT2D eigenvalue weighted by molar-refractivity contribution is 7.15. The Morgan fingerprint density at radius 3 is 3.25 bits per heavy atom. The first-order valence-corrected chi connectivity index (χ1v) is 6.14. The van der Waals surface area contributed by atoms with E-state index in [0.29, 0.717) is 17.6 Å². The van der Waals surface area contributed by atoms with E-state index in [2.05, 4.69) is 10.3 Å². The summed E-state index contributed by atoms with van der Waals surface area (Å²) in [6.07, 6.45) is 1.70. The lowest BCUT2D eigenvalue weighted by Crippen LogP contribution is -2.54. The molecule has 1 aromatic heterocycles. The minimum atomic E-state index is -0.789. The van der Waals surface area contributed by atoms with Crippen molar-refractivity contribution >= 4 is 28.9 Å². The molecule has 88 valence electrons. The molecule has 0 aliphatic carbocycles. The molecule has 0 radical (unpaired) electrons. The number of carboxylic acid groups (broad SMARTS) is 1. The molecule has 1 atom stereocenters. The summed E-state index contributed by atoms with van der Waals surface area (Å²) in [5.74, 6) is -0.789. The van der Waals surface area contributed by atoms with E-state index >= 15 is 0 Å². The van der Waals surface area contributed by atoms with Crippen LogP contribution in [0.4, 0.5) is 0 Å². The van der Waals surface area contributed by atoms with E-state index in [9.17, 15) is 4.79 Å². The largest absolute Gasteiger partial charge is 0.480 e. The number of hydrogen-bond acceptors (Lipinski definition) is 5. The van der Waals surface area contributed by atoms with Crippen molar-refractivity contribution in [2.75, 3.05) is 19.6 Å². The highest BCUT2D eigenvalue weighted by Gasteiger charge is 2.28. The van der Waals surface area contributed by atoms with Gasteiger partial charge in [0.05, 0.1) is 0 Å². The van der Waals surface area contributed by atoms with E-state index < -0.39 is 12.0 Å². The second kappa shape index (κ2) is 5.09. The van der Waals surface area contributed by atoms with Gasteiger partial charge in [0.2, 0.25) is 0 Å². The quantitative estimate of drug-likeness (QED) is 0.837. The molecular formula is C9H12ClN3O2S. The van der Waals surface area contributed by atoms with E-state index in [1.54, 1.807) is 6.20 Å². The molecule has 0 spiro atoms. The number of piperazine rings is 1. The zero-order chi connectivity index (χ0) is 11.5. The minimum absolute atomic E-state index is 0.463. The number of nitrogens with one attached hydrogen (secondary N) is 1. The number of thiazole rings is 1. The van der Waals surface area contributed by atoms with Gasteiger partial charge in [-0.3, -0.25) is 9.69 Å². The Bertz CT molecular complexity index is 385. The second-order valence-corrected chi connectivity index (χ2v) is 5.31. The molecule has 0 saturated carbocycles. The molecule has 0 amide bonds. The fourth-order valence-corrected chi connectivity index (χ4v) is 2.74. The van der Waals surface area contributed by atoms with E-state index in [1.807, 2.05) is 4.90 Å². The summed E-state index contributed by atoms with van der Waals surface area (Å²) in [7, 11) is 0. The van der Waals surface area contributed by atoms with Gasteiger partial charge in [0.1, 0.15) is 6.04 Å². The molecule has 16 heavy (non-hydrogen) atoms. The van der Waals surface area contributed by atoms with Crippen molar-refractivity contribution in [3.05, 3.63) is 15.5 Å². The number of hydrogen-bond donors (Lipinski definition) is 2. The van der Waals surface area contributed by atoms with E-state index in [0.717, 1.165) is 18.0 Å². The Kier molecular flexibility index (Phi) is 3.75. The van der Waals surface area contributed by atoms with Crippen LogP contribution >= 0.6 is 22.9 Å². The van der Waals surface area contributed by atoms with Crippen LogP contribution in [-0.2, 0) is 11.3 Å². The molecule has 5 nitrogen and oxygen atoms in total. The van der Waals surface area contributed by atoms with Gasteiger partial charge >= 0.3 is 5.97 Å². The van der Waals surface area contributed by atoms with Crippen molar-refractivity contribution in [1.82, 2.24) is 15.2 Å². The highest BCUT2D eigenvalue weighted by Crippen LogP contribution is 2.20. The fourth-order valence-electron chi connectivity index (χ4n) is 1.74. The standard InChI is InChI=1S/C9H12ClN3O2S/c10-9-12-3-6(16-9)5-13-2-1-11-4-7(13)8(14)15/h3,7,11H,1-2,4-5H2,(H,14,15)/t7-/m1/s1. The first-order valence-electron chi connectivity index (χ1n) is 4.94. The average Bonchev–Trinajstić information content (AvgIpc) is 2.64. The van der Waals surface area contributed by atoms with Crippen LogP contribution in [0.25, 0.3) is 0 Å². The SMILES string of the molecule is O=C(O)[C@H]1CNCCN1Cc1cnc(Cl)s1. The number of halogens is 1. The molecule has 1 aromatic rings. The molecule has 0 unspecified atom stereocenters. The van der Waals surface area contributed by atoms with Crippen LogP contribution in [0, 0.1) is 0 Å².